The molecular formula is C24H22F4N8O2. The molecule has 1 aliphatic carbocycles. The summed E-state index contributed by atoms with van der Waals surface area (Å²) in [5.41, 5.74) is 3.10. The molecule has 198 valence electrons. The maximum atomic E-state index is 14.6. The quantitative estimate of drug-likeness (QED) is 0.248. The SMILES string of the molecule is C=N/C(=C\c1c(C)cnn1CC(F)(F)F)[C@@H]1C[C@H]1c1cc(-c2cnc(OC)nc2OC)nn2c(F)cnc12. The smallest absolute Gasteiger partial charge is 0.408 e. The molecular weight excluding hydrogens is 508 g/mol. The number of methoxy groups -OCH3 is 2. The first-order valence-corrected chi connectivity index (χ1v) is 11.4. The number of allylic oxidation sites excluding steroid dienone is 1. The van der Waals surface area contributed by atoms with Crippen LogP contribution < -0.4 is 9.47 Å². The van der Waals surface area contributed by atoms with Crippen LogP contribution in [0.25, 0.3) is 23.0 Å². The Morgan fingerprint density at radius 1 is 1.21 bits per heavy atom. The Morgan fingerprint density at radius 3 is 2.68 bits per heavy atom. The summed E-state index contributed by atoms with van der Waals surface area (Å²) in [7, 11) is 2.85. The Morgan fingerprint density at radius 2 is 2.00 bits per heavy atom. The van der Waals surface area contributed by atoms with Gasteiger partial charge in [0.1, 0.15) is 6.54 Å². The number of ether oxygens (including phenoxy) is 2. The summed E-state index contributed by atoms with van der Waals surface area (Å²) in [4.78, 5) is 16.6. The monoisotopic (exact) mass is 530 g/mol. The molecule has 0 radical (unpaired) electrons. The van der Waals surface area contributed by atoms with E-state index in [0.717, 1.165) is 15.4 Å². The van der Waals surface area contributed by atoms with Gasteiger partial charge in [0.25, 0.3) is 0 Å². The highest BCUT2D eigenvalue weighted by molar-refractivity contribution is 5.68. The molecule has 0 aliphatic heterocycles. The van der Waals surface area contributed by atoms with Crippen LogP contribution in [0.4, 0.5) is 17.6 Å². The largest absolute Gasteiger partial charge is 0.480 e. The molecule has 2 atom stereocenters. The molecule has 1 saturated carbocycles. The Kier molecular flexibility index (Phi) is 6.33. The zero-order chi connectivity index (χ0) is 27.2. The minimum atomic E-state index is -4.43. The van der Waals surface area contributed by atoms with E-state index in [2.05, 4.69) is 36.9 Å². The van der Waals surface area contributed by atoms with Gasteiger partial charge in [0.05, 0.1) is 43.6 Å². The number of alkyl halides is 3. The molecule has 0 spiro atoms. The normalized spacial score (nSPS) is 17.6. The lowest BCUT2D eigenvalue weighted by Crippen LogP contribution is -2.19. The number of aryl methyl sites for hydroxylation is 1. The van der Waals surface area contributed by atoms with Crippen LogP contribution in [0.1, 0.15) is 29.2 Å². The number of aliphatic imine (C=N–C) groups is 1. The van der Waals surface area contributed by atoms with E-state index in [-0.39, 0.29) is 23.7 Å². The van der Waals surface area contributed by atoms with E-state index >= 15 is 0 Å². The van der Waals surface area contributed by atoms with Gasteiger partial charge in [-0.3, -0.25) is 9.67 Å². The molecule has 1 fully saturated rings. The Balaban J connectivity index is 1.54. The van der Waals surface area contributed by atoms with E-state index in [1.165, 1.54) is 26.6 Å². The summed E-state index contributed by atoms with van der Waals surface area (Å²) in [6, 6.07) is 1.84. The zero-order valence-electron chi connectivity index (χ0n) is 20.6. The van der Waals surface area contributed by atoms with Gasteiger partial charge in [0, 0.05) is 23.4 Å². The number of fused-ring (bicyclic) bond motifs is 1. The van der Waals surface area contributed by atoms with Crippen LogP contribution in [0.2, 0.25) is 0 Å². The highest BCUT2D eigenvalue weighted by Gasteiger charge is 2.43. The second-order valence-electron chi connectivity index (χ2n) is 8.74. The lowest BCUT2D eigenvalue weighted by atomic mass is 10.1. The highest BCUT2D eigenvalue weighted by Crippen LogP contribution is 2.54. The molecule has 0 N–H and O–H groups in total. The fourth-order valence-electron chi connectivity index (χ4n) is 4.40. The van der Waals surface area contributed by atoms with Crippen LogP contribution in [0.5, 0.6) is 11.9 Å². The zero-order valence-corrected chi connectivity index (χ0v) is 20.6. The molecule has 1 aliphatic rings. The molecule has 0 aromatic carbocycles. The van der Waals surface area contributed by atoms with Gasteiger partial charge < -0.3 is 9.47 Å². The van der Waals surface area contributed by atoms with Crippen LogP contribution in [-0.4, -0.2) is 61.5 Å². The molecule has 0 bridgehead atoms. The topological polar surface area (TPSA) is 105 Å². The summed E-state index contributed by atoms with van der Waals surface area (Å²) in [6.45, 7) is 4.08. The molecule has 10 nitrogen and oxygen atoms in total. The van der Waals surface area contributed by atoms with Crippen molar-refractivity contribution in [2.75, 3.05) is 14.2 Å². The summed E-state index contributed by atoms with van der Waals surface area (Å²) in [5.74, 6) is -0.835. The Labute approximate surface area is 213 Å². The number of hydrogen-bond acceptors (Lipinski definition) is 8. The van der Waals surface area contributed by atoms with Gasteiger partial charge in [-0.15, -0.1) is 0 Å². The van der Waals surface area contributed by atoms with E-state index in [1.807, 2.05) is 0 Å². The predicted octanol–water partition coefficient (Wildman–Crippen LogP) is 4.26. The molecule has 4 aromatic heterocycles. The second kappa shape index (κ2) is 9.50. The average Bonchev–Trinajstić information content (AvgIpc) is 3.50. The summed E-state index contributed by atoms with van der Waals surface area (Å²) in [5, 5.41) is 8.21. The molecule has 38 heavy (non-hydrogen) atoms. The van der Waals surface area contributed by atoms with Crippen LogP contribution in [0.15, 0.2) is 35.3 Å². The van der Waals surface area contributed by atoms with Gasteiger partial charge in [0.2, 0.25) is 11.8 Å². The fourth-order valence-corrected chi connectivity index (χ4v) is 4.40. The fraction of sp³-hybridized carbons (Fsp3) is 0.333. The molecule has 0 amide bonds. The maximum Gasteiger partial charge on any atom is 0.408 e. The molecule has 0 saturated heterocycles. The number of halogens is 4. The van der Waals surface area contributed by atoms with E-state index in [4.69, 9.17) is 9.47 Å². The minimum Gasteiger partial charge on any atom is -0.480 e. The minimum absolute atomic E-state index is 0.0925. The predicted molar refractivity (Wildman–Crippen MR) is 128 cm³/mol. The number of hydrogen-bond donors (Lipinski definition) is 0. The van der Waals surface area contributed by atoms with Crippen molar-refractivity contribution in [1.29, 1.82) is 0 Å². The van der Waals surface area contributed by atoms with Crippen molar-refractivity contribution in [2.24, 2.45) is 10.9 Å². The van der Waals surface area contributed by atoms with Crippen LogP contribution >= 0.6 is 0 Å². The third-order valence-electron chi connectivity index (χ3n) is 6.28. The highest BCUT2D eigenvalue weighted by atomic mass is 19.4. The molecule has 5 rings (SSSR count). The number of aromatic nitrogens is 7. The number of nitrogens with zero attached hydrogens (tertiary/aromatic N) is 8. The van der Waals surface area contributed by atoms with E-state index in [0.29, 0.717) is 45.8 Å². The third-order valence-corrected chi connectivity index (χ3v) is 6.28. The lowest BCUT2D eigenvalue weighted by Gasteiger charge is -2.11. The van der Waals surface area contributed by atoms with Gasteiger partial charge in [0.15, 0.2) is 5.65 Å². The van der Waals surface area contributed by atoms with Crippen LogP contribution in [0.3, 0.4) is 0 Å². The summed E-state index contributed by atoms with van der Waals surface area (Å²) < 4.78 is 66.1. The molecule has 14 heteroatoms. The van der Waals surface area contributed by atoms with E-state index < -0.39 is 18.7 Å². The van der Waals surface area contributed by atoms with Crippen molar-refractivity contribution in [1.82, 2.24) is 34.3 Å². The molecule has 4 aromatic rings. The van der Waals surface area contributed by atoms with Crippen molar-refractivity contribution in [3.05, 3.63) is 53.1 Å². The third kappa shape index (κ3) is 4.68. The van der Waals surface area contributed by atoms with Gasteiger partial charge >= 0.3 is 12.2 Å². The van der Waals surface area contributed by atoms with Crippen LogP contribution in [0, 0.1) is 18.8 Å². The van der Waals surface area contributed by atoms with Crippen molar-refractivity contribution >= 4 is 18.4 Å². The molecule has 0 unspecified atom stereocenters. The molecule has 4 heterocycles. The van der Waals surface area contributed by atoms with Gasteiger partial charge in [-0.2, -0.15) is 37.3 Å². The first-order valence-electron chi connectivity index (χ1n) is 11.4. The standard InChI is InChI=1S/C24H22F4N8O2/c1-12-8-32-35(11-24(26,27)28)19(12)7-17(29-2)14-5-13(14)15-6-18(34-36-20(25)10-30-21(15)36)16-9-31-23(38-4)33-22(16)37-3/h6-10,13-14H,2,5,11H2,1,3-4H3/b17-7-/t13-,14-/m1/s1. The summed E-state index contributed by atoms with van der Waals surface area (Å²) >= 11 is 0. The van der Waals surface area contributed by atoms with Gasteiger partial charge in [-0.1, -0.05) is 0 Å². The van der Waals surface area contributed by atoms with Gasteiger partial charge in [-0.25, -0.2) is 9.97 Å². The maximum absolute atomic E-state index is 14.6. The Hall–Kier alpha value is -4.36. The number of rotatable bonds is 8. The first kappa shape index (κ1) is 25.3. The first-order chi connectivity index (χ1) is 18.1. The Bertz CT molecular complexity index is 1560. The number of imidazole rings is 1. The van der Waals surface area contributed by atoms with Crippen molar-refractivity contribution in [3.8, 4) is 23.1 Å². The lowest BCUT2D eigenvalue weighted by molar-refractivity contribution is -0.142. The average molecular weight is 530 g/mol. The second-order valence-corrected chi connectivity index (χ2v) is 8.74. The van der Waals surface area contributed by atoms with Crippen molar-refractivity contribution < 1.29 is 27.0 Å². The van der Waals surface area contributed by atoms with E-state index in [9.17, 15) is 17.6 Å². The van der Waals surface area contributed by atoms with E-state index in [1.54, 1.807) is 19.1 Å². The van der Waals surface area contributed by atoms with Crippen molar-refractivity contribution in [3.63, 3.8) is 0 Å². The van der Waals surface area contributed by atoms with Crippen LogP contribution in [-0.2, 0) is 6.54 Å². The van der Waals surface area contributed by atoms with Crippen molar-refractivity contribution in [2.45, 2.75) is 32.0 Å². The summed E-state index contributed by atoms with van der Waals surface area (Å²) in [6.07, 6.45) is 1.64. The van der Waals surface area contributed by atoms with Gasteiger partial charge in [-0.05, 0) is 43.7 Å².